The van der Waals surface area contributed by atoms with Crippen molar-refractivity contribution < 1.29 is 13.2 Å². The molecular weight excluding hydrogens is 203 g/mol. The van der Waals surface area contributed by atoms with E-state index >= 15 is 0 Å². The van der Waals surface area contributed by atoms with Crippen LogP contribution in [-0.4, -0.2) is 4.98 Å². The van der Waals surface area contributed by atoms with E-state index in [1.54, 1.807) is 6.07 Å². The van der Waals surface area contributed by atoms with Crippen LogP contribution < -0.4 is 0 Å². The quantitative estimate of drug-likeness (QED) is 0.752. The van der Waals surface area contributed by atoms with Gasteiger partial charge in [0.2, 0.25) is 0 Å². The van der Waals surface area contributed by atoms with E-state index in [1.807, 2.05) is 13.8 Å². The molecule has 1 heterocycles. The molecule has 1 unspecified atom stereocenters. The number of aromatic nitrogens is 1. The van der Waals surface area contributed by atoms with Crippen LogP contribution in [0, 0.1) is 5.92 Å². The van der Waals surface area contributed by atoms with E-state index in [-0.39, 0.29) is 5.92 Å². The SMILES string of the molecule is CCC(C)Cc1cccnc1C(F)(F)F. The van der Waals surface area contributed by atoms with E-state index in [2.05, 4.69) is 4.98 Å². The highest BCUT2D eigenvalue weighted by molar-refractivity contribution is 5.22. The lowest BCUT2D eigenvalue weighted by molar-refractivity contribution is -0.141. The number of rotatable bonds is 3. The Kier molecular flexibility index (Phi) is 3.72. The molecule has 0 radical (unpaired) electrons. The van der Waals surface area contributed by atoms with Crippen molar-refractivity contribution in [3.63, 3.8) is 0 Å². The molecule has 0 saturated heterocycles. The van der Waals surface area contributed by atoms with E-state index in [1.165, 1.54) is 12.3 Å². The van der Waals surface area contributed by atoms with Crippen LogP contribution in [0.4, 0.5) is 13.2 Å². The lowest BCUT2D eigenvalue weighted by Crippen LogP contribution is -2.13. The highest BCUT2D eigenvalue weighted by Crippen LogP contribution is 2.31. The topological polar surface area (TPSA) is 12.9 Å². The van der Waals surface area contributed by atoms with Gasteiger partial charge in [0.1, 0.15) is 5.69 Å². The van der Waals surface area contributed by atoms with Crippen molar-refractivity contribution in [3.8, 4) is 0 Å². The minimum absolute atomic E-state index is 0.246. The Morgan fingerprint density at radius 2 is 2.07 bits per heavy atom. The van der Waals surface area contributed by atoms with Crippen molar-refractivity contribution >= 4 is 0 Å². The minimum atomic E-state index is -4.34. The summed E-state index contributed by atoms with van der Waals surface area (Å²) in [4.78, 5) is 3.41. The first-order valence-corrected chi connectivity index (χ1v) is 4.96. The van der Waals surface area contributed by atoms with Crippen LogP contribution in [0.5, 0.6) is 0 Å². The Balaban J connectivity index is 2.97. The summed E-state index contributed by atoms with van der Waals surface area (Å²) >= 11 is 0. The summed E-state index contributed by atoms with van der Waals surface area (Å²) in [5.74, 6) is 0.246. The van der Waals surface area contributed by atoms with Crippen LogP contribution in [0.3, 0.4) is 0 Å². The molecule has 1 aromatic rings. The fourth-order valence-electron chi connectivity index (χ4n) is 1.38. The lowest BCUT2D eigenvalue weighted by Gasteiger charge is -2.13. The Morgan fingerprint density at radius 3 is 2.60 bits per heavy atom. The second-order valence-corrected chi connectivity index (χ2v) is 3.73. The highest BCUT2D eigenvalue weighted by Gasteiger charge is 2.34. The maximum Gasteiger partial charge on any atom is 0.433 e. The molecule has 0 saturated carbocycles. The molecule has 0 amide bonds. The third kappa shape index (κ3) is 3.22. The Labute approximate surface area is 87.3 Å². The molecule has 0 bridgehead atoms. The smallest absolute Gasteiger partial charge is 0.252 e. The van der Waals surface area contributed by atoms with Gasteiger partial charge in [0, 0.05) is 6.20 Å². The van der Waals surface area contributed by atoms with Crippen LogP contribution >= 0.6 is 0 Å². The van der Waals surface area contributed by atoms with E-state index in [0.717, 1.165) is 6.42 Å². The summed E-state index contributed by atoms with van der Waals surface area (Å²) in [6, 6.07) is 3.05. The van der Waals surface area contributed by atoms with Gasteiger partial charge in [0.15, 0.2) is 0 Å². The van der Waals surface area contributed by atoms with Crippen molar-refractivity contribution in [2.45, 2.75) is 32.9 Å². The lowest BCUT2D eigenvalue weighted by atomic mass is 9.98. The Hall–Kier alpha value is -1.06. The number of hydrogen-bond donors (Lipinski definition) is 0. The monoisotopic (exact) mass is 217 g/mol. The van der Waals surface area contributed by atoms with Gasteiger partial charge in [-0.3, -0.25) is 4.98 Å². The predicted molar refractivity (Wildman–Crippen MR) is 52.4 cm³/mol. The Morgan fingerprint density at radius 1 is 1.40 bits per heavy atom. The summed E-state index contributed by atoms with van der Waals surface area (Å²) in [5.41, 5.74) is -0.454. The molecular formula is C11H14F3N. The van der Waals surface area contributed by atoms with E-state index < -0.39 is 11.9 Å². The summed E-state index contributed by atoms with van der Waals surface area (Å²) in [5, 5.41) is 0. The van der Waals surface area contributed by atoms with E-state index in [9.17, 15) is 13.2 Å². The molecule has 0 N–H and O–H groups in total. The zero-order chi connectivity index (χ0) is 11.5. The van der Waals surface area contributed by atoms with Gasteiger partial charge in [0.05, 0.1) is 0 Å². The molecule has 0 spiro atoms. The summed E-state index contributed by atoms with van der Waals surface area (Å²) < 4.78 is 37.6. The average Bonchev–Trinajstić information content (AvgIpc) is 2.17. The molecule has 1 aromatic heterocycles. The van der Waals surface area contributed by atoms with Gasteiger partial charge in [0.25, 0.3) is 0 Å². The minimum Gasteiger partial charge on any atom is -0.252 e. The largest absolute Gasteiger partial charge is 0.433 e. The average molecular weight is 217 g/mol. The van der Waals surface area contributed by atoms with Crippen molar-refractivity contribution in [2.24, 2.45) is 5.92 Å². The van der Waals surface area contributed by atoms with Crippen molar-refractivity contribution in [1.82, 2.24) is 4.98 Å². The Bertz CT molecular complexity index is 320. The van der Waals surface area contributed by atoms with Gasteiger partial charge >= 0.3 is 6.18 Å². The van der Waals surface area contributed by atoms with Gasteiger partial charge in [-0.1, -0.05) is 26.3 Å². The summed E-state index contributed by atoms with van der Waals surface area (Å²) in [7, 11) is 0. The molecule has 1 atom stereocenters. The first-order chi connectivity index (χ1) is 6.95. The third-order valence-electron chi connectivity index (χ3n) is 2.43. The van der Waals surface area contributed by atoms with Gasteiger partial charge in [-0.25, -0.2) is 0 Å². The van der Waals surface area contributed by atoms with Crippen LogP contribution in [0.15, 0.2) is 18.3 Å². The summed E-state index contributed by atoms with van der Waals surface area (Å²) in [6.07, 6.45) is -1.86. The van der Waals surface area contributed by atoms with Crippen LogP contribution in [0.25, 0.3) is 0 Å². The number of nitrogens with zero attached hydrogens (tertiary/aromatic N) is 1. The second-order valence-electron chi connectivity index (χ2n) is 3.73. The first kappa shape index (κ1) is 12.0. The van der Waals surface area contributed by atoms with Gasteiger partial charge in [-0.15, -0.1) is 0 Å². The van der Waals surface area contributed by atoms with Crippen LogP contribution in [-0.2, 0) is 12.6 Å². The number of hydrogen-bond acceptors (Lipinski definition) is 1. The molecule has 84 valence electrons. The second kappa shape index (κ2) is 4.64. The zero-order valence-corrected chi connectivity index (χ0v) is 8.80. The molecule has 15 heavy (non-hydrogen) atoms. The third-order valence-corrected chi connectivity index (χ3v) is 2.43. The molecule has 0 aliphatic carbocycles. The number of pyridine rings is 1. The summed E-state index contributed by atoms with van der Waals surface area (Å²) in [6.45, 7) is 3.90. The molecule has 0 aliphatic rings. The van der Waals surface area contributed by atoms with Gasteiger partial charge in [-0.2, -0.15) is 13.2 Å². The molecule has 0 aromatic carbocycles. The van der Waals surface area contributed by atoms with Crippen LogP contribution in [0.2, 0.25) is 0 Å². The van der Waals surface area contributed by atoms with E-state index in [4.69, 9.17) is 0 Å². The van der Waals surface area contributed by atoms with E-state index in [0.29, 0.717) is 12.0 Å². The van der Waals surface area contributed by atoms with Crippen molar-refractivity contribution in [2.75, 3.05) is 0 Å². The van der Waals surface area contributed by atoms with Gasteiger partial charge in [-0.05, 0) is 24.0 Å². The standard InChI is InChI=1S/C11H14F3N/c1-3-8(2)7-9-5-4-6-15-10(9)11(12,13)14/h4-6,8H,3,7H2,1-2H3. The maximum absolute atomic E-state index is 12.5. The molecule has 1 nitrogen and oxygen atoms in total. The fourth-order valence-corrected chi connectivity index (χ4v) is 1.38. The molecule has 4 heteroatoms. The predicted octanol–water partition coefficient (Wildman–Crippen LogP) is 3.69. The molecule has 1 rings (SSSR count). The first-order valence-electron chi connectivity index (χ1n) is 4.96. The van der Waals surface area contributed by atoms with Crippen molar-refractivity contribution in [3.05, 3.63) is 29.6 Å². The zero-order valence-electron chi connectivity index (χ0n) is 8.80. The van der Waals surface area contributed by atoms with Crippen LogP contribution in [0.1, 0.15) is 31.5 Å². The normalized spacial score (nSPS) is 13.9. The van der Waals surface area contributed by atoms with Crippen molar-refractivity contribution in [1.29, 1.82) is 0 Å². The molecule has 0 fully saturated rings. The number of halogens is 3. The maximum atomic E-state index is 12.5. The highest BCUT2D eigenvalue weighted by atomic mass is 19.4. The number of alkyl halides is 3. The van der Waals surface area contributed by atoms with Gasteiger partial charge < -0.3 is 0 Å². The fraction of sp³-hybridized carbons (Fsp3) is 0.545. The molecule has 0 aliphatic heterocycles.